The van der Waals surface area contributed by atoms with Crippen LogP contribution < -0.4 is 32.3 Å². The molecule has 0 bridgehead atoms. The normalized spacial score (nSPS) is 13.4. The number of benzene rings is 1. The van der Waals surface area contributed by atoms with E-state index < -0.39 is 41.4 Å². The fraction of sp³-hybridized carbons (Fsp3) is 0.600. The fourth-order valence-electron chi connectivity index (χ4n) is 5.28. The molecule has 1 aliphatic heterocycles. The number of rotatable bonds is 27. The molecule has 1 heterocycles. The minimum absolute atomic E-state index is 0.0409. The molecule has 0 aliphatic carbocycles. The van der Waals surface area contributed by atoms with Crippen molar-refractivity contribution >= 4 is 53.3 Å². The molecule has 2 atom stereocenters. The summed E-state index contributed by atoms with van der Waals surface area (Å²) in [6.07, 6.45) is 3.97. The lowest BCUT2D eigenvalue weighted by Gasteiger charge is -2.25. The number of nitrogens with zero attached hydrogens (tertiary/aromatic N) is 1. The molecule has 19 nitrogen and oxygen atoms in total. The van der Waals surface area contributed by atoms with Crippen LogP contribution in [0, 0.1) is 11.3 Å². The third kappa shape index (κ3) is 20.6. The van der Waals surface area contributed by atoms with Crippen LogP contribution in [-0.2, 0) is 54.3 Å². The first-order valence-corrected chi connectivity index (χ1v) is 19.8. The maximum atomic E-state index is 13.4. The first-order valence-electron chi connectivity index (χ1n) is 19.8. The number of carbonyl (C=O) groups is 8. The zero-order valence-electron chi connectivity index (χ0n) is 34.7. The van der Waals surface area contributed by atoms with E-state index >= 15 is 0 Å². The Balaban J connectivity index is 1.78. The number of amides is 8. The summed E-state index contributed by atoms with van der Waals surface area (Å²) < 4.78 is 21.1. The molecule has 0 spiro atoms. The molecule has 0 fully saturated rings. The molecule has 19 heteroatoms. The summed E-state index contributed by atoms with van der Waals surface area (Å²) in [6.45, 7) is 10.7. The van der Waals surface area contributed by atoms with E-state index in [1.165, 1.54) is 12.2 Å². The molecular weight excluding hydrogens is 770 g/mol. The van der Waals surface area contributed by atoms with Crippen molar-refractivity contribution in [1.29, 1.82) is 0 Å². The molecule has 1 aromatic carbocycles. The molecule has 0 radical (unpaired) electrons. The molecule has 328 valence electrons. The Bertz CT molecular complexity index is 1580. The lowest BCUT2D eigenvalue weighted by atomic mass is 9.97. The maximum Gasteiger partial charge on any atom is 0.407 e. The van der Waals surface area contributed by atoms with Gasteiger partial charge in [0.25, 0.3) is 11.8 Å². The fourth-order valence-corrected chi connectivity index (χ4v) is 5.28. The smallest absolute Gasteiger partial charge is 0.407 e. The Labute approximate surface area is 345 Å². The van der Waals surface area contributed by atoms with E-state index in [-0.39, 0.29) is 88.5 Å². The number of ether oxygens (including phenoxy) is 4. The van der Waals surface area contributed by atoms with Gasteiger partial charge in [-0.2, -0.15) is 0 Å². The third-order valence-electron chi connectivity index (χ3n) is 8.61. The van der Waals surface area contributed by atoms with Crippen LogP contribution in [0.15, 0.2) is 36.4 Å². The van der Waals surface area contributed by atoms with E-state index in [9.17, 15) is 38.4 Å². The van der Waals surface area contributed by atoms with E-state index in [0.717, 1.165) is 4.90 Å². The second-order valence-electron chi connectivity index (χ2n) is 15.1. The number of anilines is 1. The van der Waals surface area contributed by atoms with Crippen molar-refractivity contribution in [3.8, 4) is 0 Å². The van der Waals surface area contributed by atoms with Gasteiger partial charge in [0, 0.05) is 43.9 Å². The zero-order chi connectivity index (χ0) is 43.8. The summed E-state index contributed by atoms with van der Waals surface area (Å²) >= 11 is 0. The van der Waals surface area contributed by atoms with E-state index in [4.69, 9.17) is 24.7 Å². The number of unbranched alkanes of at least 4 members (excludes halogenated alkanes) is 2. The van der Waals surface area contributed by atoms with Crippen LogP contribution in [0.5, 0.6) is 0 Å². The number of nitrogens with two attached hydrogens (primary N) is 1. The topological polar surface area (TPSA) is 263 Å². The van der Waals surface area contributed by atoms with Crippen molar-refractivity contribution in [1.82, 2.24) is 26.2 Å². The summed E-state index contributed by atoms with van der Waals surface area (Å²) in [6, 6.07) is 3.84. The molecule has 0 unspecified atom stereocenters. The average molecular weight is 832 g/mol. The predicted molar refractivity (Wildman–Crippen MR) is 215 cm³/mol. The Hall–Kier alpha value is -5.56. The quantitative estimate of drug-likeness (QED) is 0.0423. The molecule has 1 aliphatic rings. The van der Waals surface area contributed by atoms with Crippen molar-refractivity contribution in [3.05, 3.63) is 42.0 Å². The third-order valence-corrected chi connectivity index (χ3v) is 8.61. The van der Waals surface area contributed by atoms with Gasteiger partial charge in [0.15, 0.2) is 0 Å². The van der Waals surface area contributed by atoms with Crippen molar-refractivity contribution in [3.63, 3.8) is 0 Å². The minimum Gasteiger partial charge on any atom is -0.463 e. The lowest BCUT2D eigenvalue weighted by molar-refractivity contribution is -0.154. The molecular formula is C40H61N7O12. The van der Waals surface area contributed by atoms with Gasteiger partial charge in [0.05, 0.1) is 31.8 Å². The second kappa shape index (κ2) is 26.4. The Kier molecular flexibility index (Phi) is 22.2. The molecule has 8 amide bonds. The largest absolute Gasteiger partial charge is 0.463 e. The highest BCUT2D eigenvalue weighted by Gasteiger charge is 2.29. The number of hydrogen-bond acceptors (Lipinski definition) is 12. The summed E-state index contributed by atoms with van der Waals surface area (Å²) in [5.74, 6) is -2.78. The monoisotopic (exact) mass is 831 g/mol. The van der Waals surface area contributed by atoms with Crippen LogP contribution in [0.2, 0.25) is 0 Å². The molecule has 7 N–H and O–H groups in total. The molecule has 0 aromatic heterocycles. The van der Waals surface area contributed by atoms with Gasteiger partial charge in [0.2, 0.25) is 17.7 Å². The summed E-state index contributed by atoms with van der Waals surface area (Å²) in [7, 11) is 0. The Morgan fingerprint density at radius 1 is 0.746 bits per heavy atom. The first kappa shape index (κ1) is 49.6. The molecule has 0 saturated carbocycles. The van der Waals surface area contributed by atoms with Gasteiger partial charge in [0.1, 0.15) is 25.3 Å². The number of alkyl carbamates (subject to hydrolysis) is 1. The van der Waals surface area contributed by atoms with Gasteiger partial charge in [-0.1, -0.05) is 32.4 Å². The summed E-state index contributed by atoms with van der Waals surface area (Å²) in [5.41, 5.74) is 5.65. The standard InChI is InChI=1S/C40H61N7O12/c1-27(2)34(46-31(48)11-7-6-8-20-47-32(49)16-17-33(47)50)36(52)45-30(10-9-18-42-38(41)54)35(51)44-29-14-12-28(13-15-29)26-59-39(55)43-19-21-56-22-23-57-24-25-58-37(53)40(3,4)5/h12-17,27,30,34H,6-11,18-26H2,1-5H3,(H,43,55)(H,44,51)(H,45,52)(H,46,48)(H3,41,42,54)/t30-,34-/m1/s1. The van der Waals surface area contributed by atoms with E-state index in [0.29, 0.717) is 50.1 Å². The minimum atomic E-state index is -1.03. The highest BCUT2D eigenvalue weighted by Crippen LogP contribution is 2.15. The van der Waals surface area contributed by atoms with Crippen molar-refractivity contribution in [2.24, 2.45) is 17.1 Å². The van der Waals surface area contributed by atoms with Crippen molar-refractivity contribution in [2.45, 2.75) is 91.8 Å². The number of imide groups is 1. The average Bonchev–Trinajstić information content (AvgIpc) is 3.50. The van der Waals surface area contributed by atoms with E-state index in [1.54, 1.807) is 58.9 Å². The van der Waals surface area contributed by atoms with Crippen LogP contribution >= 0.6 is 0 Å². The number of primary amides is 1. The lowest BCUT2D eigenvalue weighted by Crippen LogP contribution is -2.54. The molecule has 2 rings (SSSR count). The predicted octanol–water partition coefficient (Wildman–Crippen LogP) is 2.03. The van der Waals surface area contributed by atoms with E-state index in [1.807, 2.05) is 0 Å². The van der Waals surface area contributed by atoms with Gasteiger partial charge in [-0.15, -0.1) is 0 Å². The van der Waals surface area contributed by atoms with Crippen molar-refractivity contribution in [2.75, 3.05) is 58.0 Å². The van der Waals surface area contributed by atoms with Gasteiger partial charge in [-0.3, -0.25) is 33.7 Å². The SMILES string of the molecule is CC(C)[C@@H](NC(=O)CCCCCN1C(=O)C=CC1=O)C(=O)N[C@H](CCCNC(N)=O)C(=O)Nc1ccc(COC(=O)NCCOCCOCCOC(=O)C(C)(C)C)cc1. The first-order chi connectivity index (χ1) is 28.0. The van der Waals surface area contributed by atoms with Crippen LogP contribution in [0.1, 0.15) is 78.7 Å². The van der Waals surface area contributed by atoms with Gasteiger partial charge in [-0.05, 0) is 70.1 Å². The van der Waals surface area contributed by atoms with Crippen LogP contribution in [0.25, 0.3) is 0 Å². The molecule has 59 heavy (non-hydrogen) atoms. The Morgan fingerprint density at radius 2 is 1.39 bits per heavy atom. The van der Waals surface area contributed by atoms with Crippen LogP contribution in [0.3, 0.4) is 0 Å². The zero-order valence-corrected chi connectivity index (χ0v) is 34.7. The van der Waals surface area contributed by atoms with Crippen LogP contribution in [-0.4, -0.2) is 117 Å². The van der Waals surface area contributed by atoms with Crippen LogP contribution in [0.4, 0.5) is 15.3 Å². The molecule has 1 aromatic rings. The Morgan fingerprint density at radius 3 is 2.02 bits per heavy atom. The van der Waals surface area contributed by atoms with Gasteiger partial charge in [-0.25, -0.2) is 9.59 Å². The number of nitrogens with one attached hydrogen (secondary N) is 5. The van der Waals surface area contributed by atoms with Gasteiger partial charge < -0.3 is 51.3 Å². The second-order valence-corrected chi connectivity index (χ2v) is 15.1. The number of esters is 1. The number of urea groups is 1. The maximum absolute atomic E-state index is 13.4. The van der Waals surface area contributed by atoms with Gasteiger partial charge >= 0.3 is 18.1 Å². The highest BCUT2D eigenvalue weighted by molar-refractivity contribution is 6.12. The van der Waals surface area contributed by atoms with Crippen molar-refractivity contribution < 1.29 is 57.3 Å². The van der Waals surface area contributed by atoms with E-state index in [2.05, 4.69) is 26.6 Å². The summed E-state index contributed by atoms with van der Waals surface area (Å²) in [5, 5.41) is 13.3. The highest BCUT2D eigenvalue weighted by atomic mass is 16.6. The number of carbonyl (C=O) groups excluding carboxylic acids is 8. The number of hydrogen-bond donors (Lipinski definition) is 6. The molecule has 0 saturated heterocycles. The summed E-state index contributed by atoms with van der Waals surface area (Å²) in [4.78, 5) is 99.2.